The molecule has 0 fully saturated rings. The first-order valence-electron chi connectivity index (χ1n) is 5.03. The van der Waals surface area contributed by atoms with Crippen molar-refractivity contribution in [1.29, 1.82) is 0 Å². The summed E-state index contributed by atoms with van der Waals surface area (Å²) in [7, 11) is 0. The van der Waals surface area contributed by atoms with Crippen molar-refractivity contribution in [3.05, 3.63) is 64.4 Å². The average Bonchev–Trinajstić information content (AvgIpc) is 2.30. The molecule has 82 valence electrons. The Labute approximate surface area is 99.5 Å². The maximum Gasteiger partial charge on any atom is 0.121 e. The van der Waals surface area contributed by atoms with Crippen molar-refractivity contribution in [1.82, 2.24) is 4.98 Å². The number of aromatic nitrogens is 1. The number of rotatable bonds is 2. The van der Waals surface area contributed by atoms with Gasteiger partial charge < -0.3 is 5.11 Å². The monoisotopic (exact) mass is 233 g/mol. The Morgan fingerprint density at radius 1 is 1.19 bits per heavy atom. The summed E-state index contributed by atoms with van der Waals surface area (Å²) in [4.78, 5) is 4.11. The Bertz CT molecular complexity index is 482. The van der Waals surface area contributed by atoms with Crippen LogP contribution >= 0.6 is 11.6 Å². The Hall–Kier alpha value is -1.38. The molecule has 2 rings (SSSR count). The van der Waals surface area contributed by atoms with Gasteiger partial charge in [-0.25, -0.2) is 0 Å². The zero-order chi connectivity index (χ0) is 11.5. The van der Waals surface area contributed by atoms with Gasteiger partial charge in [0.25, 0.3) is 0 Å². The lowest BCUT2D eigenvalue weighted by Gasteiger charge is -2.12. The Morgan fingerprint density at radius 2 is 1.94 bits per heavy atom. The molecule has 0 aliphatic rings. The third-order valence-corrected chi connectivity index (χ3v) is 2.74. The van der Waals surface area contributed by atoms with E-state index in [0.717, 1.165) is 11.1 Å². The number of benzene rings is 1. The van der Waals surface area contributed by atoms with Gasteiger partial charge in [0.2, 0.25) is 0 Å². The van der Waals surface area contributed by atoms with Crippen LogP contribution in [0.4, 0.5) is 0 Å². The molecule has 0 aliphatic carbocycles. The van der Waals surface area contributed by atoms with E-state index in [0.29, 0.717) is 10.7 Å². The Balaban J connectivity index is 2.35. The van der Waals surface area contributed by atoms with Gasteiger partial charge in [-0.3, -0.25) is 4.98 Å². The van der Waals surface area contributed by atoms with Crippen molar-refractivity contribution in [3.63, 3.8) is 0 Å². The van der Waals surface area contributed by atoms with Crippen LogP contribution in [0.2, 0.25) is 5.02 Å². The maximum atomic E-state index is 10.2. The van der Waals surface area contributed by atoms with Crippen molar-refractivity contribution in [3.8, 4) is 0 Å². The summed E-state index contributed by atoms with van der Waals surface area (Å²) in [6, 6.07) is 11.2. The van der Waals surface area contributed by atoms with E-state index in [-0.39, 0.29) is 0 Å². The minimum Gasteiger partial charge on any atom is -0.382 e. The number of hydrogen-bond acceptors (Lipinski definition) is 2. The van der Waals surface area contributed by atoms with Crippen molar-refractivity contribution in [2.75, 3.05) is 0 Å². The molecule has 1 aromatic carbocycles. The van der Waals surface area contributed by atoms with Gasteiger partial charge in [-0.15, -0.1) is 0 Å². The highest BCUT2D eigenvalue weighted by Gasteiger charge is 2.13. The number of aliphatic hydroxyl groups is 1. The van der Waals surface area contributed by atoms with E-state index in [4.69, 9.17) is 11.6 Å². The molecule has 1 atom stereocenters. The molecule has 1 unspecified atom stereocenters. The van der Waals surface area contributed by atoms with Crippen molar-refractivity contribution in [2.45, 2.75) is 13.0 Å². The summed E-state index contributed by atoms with van der Waals surface area (Å²) in [5.74, 6) is 0. The predicted molar refractivity (Wildman–Crippen MR) is 64.5 cm³/mol. The number of pyridine rings is 1. The Morgan fingerprint density at radius 3 is 2.56 bits per heavy atom. The van der Waals surface area contributed by atoms with Crippen LogP contribution in [0.3, 0.4) is 0 Å². The normalized spacial score (nSPS) is 12.4. The van der Waals surface area contributed by atoms with Gasteiger partial charge in [0.15, 0.2) is 0 Å². The molecule has 0 spiro atoms. The maximum absolute atomic E-state index is 10.2. The molecule has 0 radical (unpaired) electrons. The van der Waals surface area contributed by atoms with E-state index in [2.05, 4.69) is 4.98 Å². The van der Waals surface area contributed by atoms with Crippen LogP contribution in [0.5, 0.6) is 0 Å². The predicted octanol–water partition coefficient (Wildman–Crippen LogP) is 3.13. The van der Waals surface area contributed by atoms with Gasteiger partial charge in [-0.1, -0.05) is 35.9 Å². The van der Waals surface area contributed by atoms with Crippen LogP contribution in [-0.4, -0.2) is 10.1 Å². The van der Waals surface area contributed by atoms with E-state index >= 15 is 0 Å². The molecule has 1 aromatic heterocycles. The van der Waals surface area contributed by atoms with Crippen LogP contribution in [0.25, 0.3) is 0 Å². The van der Waals surface area contributed by atoms with Crippen molar-refractivity contribution >= 4 is 11.6 Å². The molecule has 0 saturated heterocycles. The highest BCUT2D eigenvalue weighted by atomic mass is 35.5. The van der Waals surface area contributed by atoms with E-state index in [1.165, 1.54) is 0 Å². The van der Waals surface area contributed by atoms with Crippen LogP contribution in [-0.2, 0) is 0 Å². The second kappa shape index (κ2) is 4.64. The quantitative estimate of drug-likeness (QED) is 0.865. The fourth-order valence-electron chi connectivity index (χ4n) is 1.60. The van der Waals surface area contributed by atoms with Gasteiger partial charge in [0.05, 0.1) is 10.7 Å². The summed E-state index contributed by atoms with van der Waals surface area (Å²) < 4.78 is 0. The summed E-state index contributed by atoms with van der Waals surface area (Å²) in [6.07, 6.45) is 0.844. The minimum absolute atomic E-state index is 0.570. The summed E-state index contributed by atoms with van der Waals surface area (Å²) in [5, 5.41) is 10.7. The molecule has 0 saturated carbocycles. The number of halogens is 1. The molecule has 2 nitrogen and oxygen atoms in total. The smallest absolute Gasteiger partial charge is 0.121 e. The van der Waals surface area contributed by atoms with Gasteiger partial charge in [0.1, 0.15) is 6.10 Å². The zero-order valence-corrected chi connectivity index (χ0v) is 9.65. The summed E-state index contributed by atoms with van der Waals surface area (Å²) in [5.41, 5.74) is 2.53. The summed E-state index contributed by atoms with van der Waals surface area (Å²) >= 11 is 5.75. The topological polar surface area (TPSA) is 33.1 Å². The molecule has 2 aromatic rings. The first-order valence-corrected chi connectivity index (χ1v) is 5.41. The van der Waals surface area contributed by atoms with E-state index < -0.39 is 6.10 Å². The second-order valence-electron chi connectivity index (χ2n) is 3.66. The molecule has 0 amide bonds. The first kappa shape index (κ1) is 11.1. The van der Waals surface area contributed by atoms with Crippen LogP contribution in [0, 0.1) is 6.92 Å². The first-order chi connectivity index (χ1) is 7.68. The van der Waals surface area contributed by atoms with Crippen molar-refractivity contribution in [2.24, 2.45) is 0 Å². The van der Waals surface area contributed by atoms with E-state index in [1.807, 2.05) is 31.2 Å². The molecule has 0 bridgehead atoms. The number of hydrogen-bond donors (Lipinski definition) is 1. The van der Waals surface area contributed by atoms with E-state index in [1.54, 1.807) is 18.3 Å². The van der Waals surface area contributed by atoms with Gasteiger partial charge >= 0.3 is 0 Å². The molecule has 0 aliphatic heterocycles. The lowest BCUT2D eigenvalue weighted by atomic mass is 10.0. The highest BCUT2D eigenvalue weighted by Crippen LogP contribution is 2.23. The Kier molecular flexibility index (Phi) is 3.22. The second-order valence-corrected chi connectivity index (χ2v) is 4.10. The standard InChI is InChI=1S/C13H12ClNO/c1-9-4-2-3-5-11(9)13(16)12-7-6-10(14)8-15-12/h2-8,13,16H,1H3. The lowest BCUT2D eigenvalue weighted by molar-refractivity contribution is 0.214. The average molecular weight is 234 g/mol. The fraction of sp³-hybridized carbons (Fsp3) is 0.154. The highest BCUT2D eigenvalue weighted by molar-refractivity contribution is 6.30. The van der Waals surface area contributed by atoms with Crippen molar-refractivity contribution < 1.29 is 5.11 Å². The van der Waals surface area contributed by atoms with Crippen LogP contribution in [0.15, 0.2) is 42.6 Å². The molecule has 1 N–H and O–H groups in total. The van der Waals surface area contributed by atoms with Crippen LogP contribution in [0.1, 0.15) is 22.9 Å². The minimum atomic E-state index is -0.696. The zero-order valence-electron chi connectivity index (χ0n) is 8.89. The van der Waals surface area contributed by atoms with Gasteiger partial charge in [-0.05, 0) is 30.2 Å². The third-order valence-electron chi connectivity index (χ3n) is 2.51. The van der Waals surface area contributed by atoms with E-state index in [9.17, 15) is 5.11 Å². The number of aliphatic hydroxyl groups excluding tert-OH is 1. The number of aryl methyl sites for hydroxylation is 1. The van der Waals surface area contributed by atoms with Gasteiger partial charge in [-0.2, -0.15) is 0 Å². The molecule has 1 heterocycles. The van der Waals surface area contributed by atoms with Gasteiger partial charge in [0, 0.05) is 6.20 Å². The molecule has 16 heavy (non-hydrogen) atoms. The largest absolute Gasteiger partial charge is 0.382 e. The molecular formula is C13H12ClNO. The lowest BCUT2D eigenvalue weighted by Crippen LogP contribution is -2.03. The summed E-state index contributed by atoms with van der Waals surface area (Å²) in [6.45, 7) is 1.97. The fourth-order valence-corrected chi connectivity index (χ4v) is 1.71. The SMILES string of the molecule is Cc1ccccc1C(O)c1ccc(Cl)cn1. The van der Waals surface area contributed by atoms with Crippen LogP contribution < -0.4 is 0 Å². The molecular weight excluding hydrogens is 222 g/mol. The number of nitrogens with zero attached hydrogens (tertiary/aromatic N) is 1. The third kappa shape index (κ3) is 2.23. The molecule has 3 heteroatoms.